The summed E-state index contributed by atoms with van der Waals surface area (Å²) in [6.07, 6.45) is 8.54. The maximum Gasteiger partial charge on any atom is 0.271 e. The third-order valence-electron chi connectivity index (χ3n) is 3.59. The van der Waals surface area contributed by atoms with Crippen molar-refractivity contribution in [3.05, 3.63) is 36.0 Å². The van der Waals surface area contributed by atoms with E-state index in [1.165, 1.54) is 35.9 Å². The Morgan fingerprint density at radius 3 is 2.84 bits per heavy atom. The molecule has 2 aromatic rings. The van der Waals surface area contributed by atoms with E-state index in [1.807, 2.05) is 0 Å². The van der Waals surface area contributed by atoms with Crippen LogP contribution in [0.25, 0.3) is 5.65 Å². The Labute approximate surface area is 110 Å². The van der Waals surface area contributed by atoms with Crippen LogP contribution in [0.3, 0.4) is 0 Å². The molecule has 1 aliphatic rings. The molecule has 0 spiro atoms. The molecule has 2 aromatic heterocycles. The lowest BCUT2D eigenvalue weighted by molar-refractivity contribution is 0.0923. The van der Waals surface area contributed by atoms with E-state index in [0.717, 1.165) is 12.8 Å². The van der Waals surface area contributed by atoms with Crippen LogP contribution < -0.4 is 5.32 Å². The van der Waals surface area contributed by atoms with Crippen LogP contribution in [0.5, 0.6) is 0 Å². The number of imidazole rings is 1. The number of hydrogen-bond acceptors (Lipinski definition) is 2. The third-order valence-corrected chi connectivity index (χ3v) is 3.59. The van der Waals surface area contributed by atoms with Gasteiger partial charge in [0, 0.05) is 18.4 Å². The first-order valence-corrected chi connectivity index (χ1v) is 6.67. The Morgan fingerprint density at radius 1 is 1.26 bits per heavy atom. The Bertz CT molecular complexity index is 602. The van der Waals surface area contributed by atoms with Gasteiger partial charge in [0.1, 0.15) is 17.2 Å². The SMILES string of the molecule is O=C(NC1CCCCC1)c1cn2cc(F)ccc2n1. The van der Waals surface area contributed by atoms with E-state index in [-0.39, 0.29) is 17.8 Å². The molecule has 0 saturated heterocycles. The van der Waals surface area contributed by atoms with Crippen LogP contribution in [0.4, 0.5) is 4.39 Å². The molecule has 0 unspecified atom stereocenters. The van der Waals surface area contributed by atoms with E-state index < -0.39 is 0 Å². The second kappa shape index (κ2) is 4.99. The molecule has 5 heteroatoms. The van der Waals surface area contributed by atoms with Gasteiger partial charge in [-0.2, -0.15) is 0 Å². The van der Waals surface area contributed by atoms with E-state index in [4.69, 9.17) is 0 Å². The number of nitrogens with one attached hydrogen (secondary N) is 1. The van der Waals surface area contributed by atoms with E-state index >= 15 is 0 Å². The van der Waals surface area contributed by atoms with Crippen molar-refractivity contribution >= 4 is 11.6 Å². The lowest BCUT2D eigenvalue weighted by atomic mass is 9.95. The van der Waals surface area contributed by atoms with Gasteiger partial charge >= 0.3 is 0 Å². The largest absolute Gasteiger partial charge is 0.348 e. The first kappa shape index (κ1) is 12.1. The number of amides is 1. The number of pyridine rings is 1. The van der Waals surface area contributed by atoms with Gasteiger partial charge in [-0.1, -0.05) is 19.3 Å². The number of nitrogens with zero attached hydrogens (tertiary/aromatic N) is 2. The van der Waals surface area contributed by atoms with E-state index in [1.54, 1.807) is 12.3 Å². The number of carbonyl (C=O) groups is 1. The lowest BCUT2D eigenvalue weighted by Gasteiger charge is -2.22. The molecule has 0 bridgehead atoms. The Balaban J connectivity index is 1.77. The number of halogens is 1. The number of rotatable bonds is 2. The molecule has 0 aliphatic heterocycles. The maximum absolute atomic E-state index is 13.1. The summed E-state index contributed by atoms with van der Waals surface area (Å²) in [4.78, 5) is 16.3. The Hall–Kier alpha value is -1.91. The number of carbonyl (C=O) groups excluding carboxylic acids is 1. The van der Waals surface area contributed by atoms with E-state index in [0.29, 0.717) is 11.3 Å². The molecule has 100 valence electrons. The molecule has 0 radical (unpaired) electrons. The predicted molar refractivity (Wildman–Crippen MR) is 69.5 cm³/mol. The minimum Gasteiger partial charge on any atom is -0.348 e. The molecule has 1 fully saturated rings. The quantitative estimate of drug-likeness (QED) is 0.903. The Kier molecular flexibility index (Phi) is 3.19. The fourth-order valence-corrected chi connectivity index (χ4v) is 2.58. The van der Waals surface area contributed by atoms with Gasteiger partial charge in [0.25, 0.3) is 5.91 Å². The zero-order chi connectivity index (χ0) is 13.2. The standard InChI is InChI=1S/C14H16FN3O/c15-10-6-7-13-17-12(9-18(13)8-10)14(19)16-11-4-2-1-3-5-11/h6-9,11H,1-5H2,(H,16,19). The van der Waals surface area contributed by atoms with Crippen molar-refractivity contribution in [2.24, 2.45) is 0 Å². The van der Waals surface area contributed by atoms with Crippen molar-refractivity contribution in [1.29, 1.82) is 0 Å². The van der Waals surface area contributed by atoms with Crippen LogP contribution in [0.2, 0.25) is 0 Å². The van der Waals surface area contributed by atoms with Crippen LogP contribution in [-0.2, 0) is 0 Å². The van der Waals surface area contributed by atoms with Gasteiger partial charge < -0.3 is 9.72 Å². The van der Waals surface area contributed by atoms with Crippen molar-refractivity contribution in [2.75, 3.05) is 0 Å². The van der Waals surface area contributed by atoms with Crippen molar-refractivity contribution < 1.29 is 9.18 Å². The van der Waals surface area contributed by atoms with Crippen molar-refractivity contribution in [3.63, 3.8) is 0 Å². The molecule has 0 atom stereocenters. The molecular weight excluding hydrogens is 245 g/mol. The summed E-state index contributed by atoms with van der Waals surface area (Å²) in [5, 5.41) is 3.00. The predicted octanol–water partition coefficient (Wildman–Crippen LogP) is 2.54. The zero-order valence-corrected chi connectivity index (χ0v) is 10.6. The molecule has 1 aliphatic carbocycles. The molecule has 0 aromatic carbocycles. The highest BCUT2D eigenvalue weighted by Gasteiger charge is 2.18. The van der Waals surface area contributed by atoms with Gasteiger partial charge in [0.15, 0.2) is 0 Å². The van der Waals surface area contributed by atoms with E-state index in [2.05, 4.69) is 10.3 Å². The highest BCUT2D eigenvalue weighted by atomic mass is 19.1. The topological polar surface area (TPSA) is 46.4 Å². The summed E-state index contributed by atoms with van der Waals surface area (Å²) < 4.78 is 14.6. The highest BCUT2D eigenvalue weighted by molar-refractivity contribution is 5.93. The summed E-state index contributed by atoms with van der Waals surface area (Å²) in [5.74, 6) is -0.514. The fourth-order valence-electron chi connectivity index (χ4n) is 2.58. The number of fused-ring (bicyclic) bond motifs is 1. The number of hydrogen-bond donors (Lipinski definition) is 1. The molecule has 1 saturated carbocycles. The van der Waals surface area contributed by atoms with Crippen molar-refractivity contribution in [3.8, 4) is 0 Å². The summed E-state index contributed by atoms with van der Waals surface area (Å²) in [7, 11) is 0. The number of aromatic nitrogens is 2. The summed E-state index contributed by atoms with van der Waals surface area (Å²) >= 11 is 0. The van der Waals surface area contributed by atoms with E-state index in [9.17, 15) is 9.18 Å². The van der Waals surface area contributed by atoms with Crippen LogP contribution in [0, 0.1) is 5.82 Å². The van der Waals surface area contributed by atoms with Gasteiger partial charge in [-0.3, -0.25) is 4.79 Å². The summed E-state index contributed by atoms with van der Waals surface area (Å²) in [6, 6.07) is 3.15. The fraction of sp³-hybridized carbons (Fsp3) is 0.429. The minimum atomic E-state index is -0.343. The maximum atomic E-state index is 13.1. The summed E-state index contributed by atoms with van der Waals surface area (Å²) in [5.41, 5.74) is 0.923. The first-order chi connectivity index (χ1) is 9.22. The molecule has 2 heterocycles. The van der Waals surface area contributed by atoms with Gasteiger partial charge in [-0.15, -0.1) is 0 Å². The zero-order valence-electron chi connectivity index (χ0n) is 10.6. The monoisotopic (exact) mass is 261 g/mol. The molecule has 19 heavy (non-hydrogen) atoms. The molecular formula is C14H16FN3O. The van der Waals surface area contributed by atoms with Gasteiger partial charge in [-0.05, 0) is 25.0 Å². The lowest BCUT2D eigenvalue weighted by Crippen LogP contribution is -2.36. The van der Waals surface area contributed by atoms with Crippen LogP contribution >= 0.6 is 0 Å². The smallest absolute Gasteiger partial charge is 0.271 e. The van der Waals surface area contributed by atoms with Crippen LogP contribution in [-0.4, -0.2) is 21.3 Å². The van der Waals surface area contributed by atoms with Crippen LogP contribution in [0.1, 0.15) is 42.6 Å². The second-order valence-electron chi connectivity index (χ2n) is 5.05. The average Bonchev–Trinajstić information content (AvgIpc) is 2.83. The normalized spacial score (nSPS) is 16.7. The van der Waals surface area contributed by atoms with Crippen LogP contribution in [0.15, 0.2) is 24.5 Å². The average molecular weight is 261 g/mol. The molecule has 3 rings (SSSR count). The first-order valence-electron chi connectivity index (χ1n) is 6.67. The third kappa shape index (κ3) is 2.59. The van der Waals surface area contributed by atoms with Crippen molar-refractivity contribution in [2.45, 2.75) is 38.1 Å². The van der Waals surface area contributed by atoms with Crippen molar-refractivity contribution in [1.82, 2.24) is 14.7 Å². The highest BCUT2D eigenvalue weighted by Crippen LogP contribution is 2.18. The molecule has 1 amide bonds. The van der Waals surface area contributed by atoms with Gasteiger partial charge in [-0.25, -0.2) is 9.37 Å². The molecule has 4 nitrogen and oxygen atoms in total. The summed E-state index contributed by atoms with van der Waals surface area (Å²) in [6.45, 7) is 0. The second-order valence-corrected chi connectivity index (χ2v) is 5.05. The van der Waals surface area contributed by atoms with Gasteiger partial charge in [0.2, 0.25) is 0 Å². The molecule has 1 N–H and O–H groups in total. The van der Waals surface area contributed by atoms with Gasteiger partial charge in [0.05, 0.1) is 0 Å². The minimum absolute atomic E-state index is 0.170. The Morgan fingerprint density at radius 2 is 2.05 bits per heavy atom.